The van der Waals surface area contributed by atoms with Crippen LogP contribution in [0.2, 0.25) is 0 Å². The van der Waals surface area contributed by atoms with Crippen molar-refractivity contribution >= 4 is 17.6 Å². The molecule has 6 nitrogen and oxygen atoms in total. The number of guanidine groups is 1. The van der Waals surface area contributed by atoms with E-state index in [0.29, 0.717) is 24.9 Å². The van der Waals surface area contributed by atoms with Gasteiger partial charge in [0.2, 0.25) is 0 Å². The molecule has 0 aromatic heterocycles. The third kappa shape index (κ3) is 3.06. The van der Waals surface area contributed by atoms with Crippen LogP contribution < -0.4 is 5.32 Å². The van der Waals surface area contributed by atoms with E-state index in [0.717, 1.165) is 13.0 Å². The number of nitrogens with zero attached hydrogens (tertiary/aromatic N) is 3. The number of hydrazone groups is 1. The van der Waals surface area contributed by atoms with E-state index in [-0.39, 0.29) is 0 Å². The van der Waals surface area contributed by atoms with Crippen LogP contribution in [-0.2, 0) is 0 Å². The average molecular weight is 207 g/mol. The lowest BCUT2D eigenvalue weighted by Crippen LogP contribution is -2.32. The molecule has 0 bridgehead atoms. The monoisotopic (exact) mass is 206 g/mol. The number of rotatable bonds is 4. The fourth-order valence-electron chi connectivity index (χ4n) is 1.16. The third-order valence-electron chi connectivity index (χ3n) is 1.70. The second kappa shape index (κ2) is 4.86. The summed E-state index contributed by atoms with van der Waals surface area (Å²) in [5.74, 6) is 0.900. The maximum absolute atomic E-state index is 10.1. The van der Waals surface area contributed by atoms with Gasteiger partial charge >= 0.3 is 0 Å². The highest BCUT2D eigenvalue weighted by Crippen LogP contribution is 1.99. The van der Waals surface area contributed by atoms with Gasteiger partial charge in [0, 0.05) is 25.5 Å². The van der Waals surface area contributed by atoms with Crippen LogP contribution in [0.4, 0.5) is 0 Å². The number of hydrogen-bond acceptors (Lipinski definition) is 2. The zero-order valence-electron chi connectivity index (χ0n) is 7.07. The molecule has 1 saturated heterocycles. The second-order valence-corrected chi connectivity index (χ2v) is 3.00. The van der Waals surface area contributed by atoms with Gasteiger partial charge in [0.15, 0.2) is 5.03 Å². The molecule has 0 radical (unpaired) electrons. The molecule has 1 fully saturated rings. The Bertz CT molecular complexity index is 221. The maximum atomic E-state index is 10.1. The molecule has 1 heterocycles. The molecule has 1 aliphatic heterocycles. The van der Waals surface area contributed by atoms with Gasteiger partial charge in [-0.15, -0.1) is 11.6 Å². The molecule has 13 heavy (non-hydrogen) atoms. The Morgan fingerprint density at radius 2 is 2.54 bits per heavy atom. The summed E-state index contributed by atoms with van der Waals surface area (Å²) < 4.78 is 0. The minimum atomic E-state index is -0.693. The summed E-state index contributed by atoms with van der Waals surface area (Å²) in [4.78, 5) is 11.9. The first kappa shape index (κ1) is 10.0. The Kier molecular flexibility index (Phi) is 3.75. The smallest absolute Gasteiger partial charge is 0.271 e. The lowest BCUT2D eigenvalue weighted by molar-refractivity contribution is -0.485. The topological polar surface area (TPSA) is 70.8 Å². The van der Waals surface area contributed by atoms with Crippen molar-refractivity contribution in [2.75, 3.05) is 25.5 Å². The van der Waals surface area contributed by atoms with Crippen LogP contribution in [-0.4, -0.2) is 41.4 Å². The van der Waals surface area contributed by atoms with Crippen molar-refractivity contribution in [2.45, 2.75) is 6.42 Å². The van der Waals surface area contributed by atoms with Crippen molar-refractivity contribution in [3.05, 3.63) is 10.1 Å². The number of nitro groups is 1. The fraction of sp³-hybridized carbons (Fsp3) is 0.833. The van der Waals surface area contributed by atoms with E-state index < -0.39 is 5.03 Å². The quantitative estimate of drug-likeness (QED) is 0.402. The van der Waals surface area contributed by atoms with Crippen LogP contribution in [0.3, 0.4) is 0 Å². The highest BCUT2D eigenvalue weighted by molar-refractivity contribution is 6.17. The molecular weight excluding hydrogens is 196 g/mol. The van der Waals surface area contributed by atoms with E-state index in [9.17, 15) is 10.1 Å². The molecule has 0 aliphatic carbocycles. The van der Waals surface area contributed by atoms with Gasteiger partial charge in [0.05, 0.1) is 0 Å². The van der Waals surface area contributed by atoms with E-state index >= 15 is 0 Å². The fourth-order valence-corrected chi connectivity index (χ4v) is 1.28. The Morgan fingerprint density at radius 3 is 3.15 bits per heavy atom. The van der Waals surface area contributed by atoms with Gasteiger partial charge in [-0.1, -0.05) is 0 Å². The summed E-state index contributed by atoms with van der Waals surface area (Å²) in [5, 5.41) is 15.5. The second-order valence-electron chi connectivity index (χ2n) is 2.62. The predicted octanol–water partition coefficient (Wildman–Crippen LogP) is 0.0682. The summed E-state index contributed by atoms with van der Waals surface area (Å²) in [6, 6.07) is 0. The number of alkyl halides is 1. The van der Waals surface area contributed by atoms with Crippen LogP contribution in [0.15, 0.2) is 5.10 Å². The molecule has 7 heteroatoms. The van der Waals surface area contributed by atoms with E-state index in [4.69, 9.17) is 11.6 Å². The minimum absolute atomic E-state index is 0.343. The highest BCUT2D eigenvalue weighted by Gasteiger charge is 2.20. The van der Waals surface area contributed by atoms with Gasteiger partial charge in [-0.3, -0.25) is 0 Å². The molecule has 1 aliphatic rings. The lowest BCUT2D eigenvalue weighted by atomic mass is 10.4. The normalized spacial score (nSPS) is 19.2. The van der Waals surface area contributed by atoms with Crippen molar-refractivity contribution in [3.8, 4) is 0 Å². The zero-order valence-corrected chi connectivity index (χ0v) is 7.83. The molecule has 0 aromatic carbocycles. The Morgan fingerprint density at radius 1 is 1.77 bits per heavy atom. The zero-order chi connectivity index (χ0) is 9.68. The van der Waals surface area contributed by atoms with Crippen LogP contribution in [0.1, 0.15) is 6.42 Å². The van der Waals surface area contributed by atoms with E-state index in [1.807, 2.05) is 4.90 Å². The molecule has 0 spiro atoms. The minimum Gasteiger partial charge on any atom is -0.349 e. The number of halogens is 1. The molecular formula is C6H11ClN4O2. The predicted molar refractivity (Wildman–Crippen MR) is 49.3 cm³/mol. The van der Waals surface area contributed by atoms with Crippen molar-refractivity contribution in [1.82, 2.24) is 10.2 Å². The first-order chi connectivity index (χ1) is 6.24. The molecule has 74 valence electrons. The SMILES string of the molecule is O=[N+]([O-])/N=C1/NCCN1CCCCl. The number of nitrogens with one attached hydrogen (secondary N) is 1. The lowest BCUT2D eigenvalue weighted by Gasteiger charge is -2.13. The van der Waals surface area contributed by atoms with Crippen LogP contribution in [0, 0.1) is 10.1 Å². The molecule has 1 N–H and O–H groups in total. The highest BCUT2D eigenvalue weighted by atomic mass is 35.5. The van der Waals surface area contributed by atoms with Crippen molar-refractivity contribution < 1.29 is 5.03 Å². The van der Waals surface area contributed by atoms with Crippen LogP contribution >= 0.6 is 11.6 Å². The standard InChI is InChI=1S/C6H11ClN4O2/c7-2-1-4-10-5-3-8-6(10)9-11(12)13/h1-5H2,(H,8,9). The Hall–Kier alpha value is -1.04. The average Bonchev–Trinajstić information content (AvgIpc) is 2.48. The largest absolute Gasteiger partial charge is 0.349 e. The van der Waals surface area contributed by atoms with Gasteiger partial charge < -0.3 is 10.2 Å². The van der Waals surface area contributed by atoms with Gasteiger partial charge in [-0.05, 0) is 6.42 Å². The summed E-state index contributed by atoms with van der Waals surface area (Å²) in [7, 11) is 0. The van der Waals surface area contributed by atoms with E-state index in [1.165, 1.54) is 0 Å². The molecule has 1 rings (SSSR count). The summed E-state index contributed by atoms with van der Waals surface area (Å²) >= 11 is 5.51. The third-order valence-corrected chi connectivity index (χ3v) is 1.97. The van der Waals surface area contributed by atoms with Gasteiger partial charge in [-0.25, -0.2) is 10.1 Å². The Balaban J connectivity index is 2.48. The maximum Gasteiger partial charge on any atom is 0.271 e. The van der Waals surface area contributed by atoms with Crippen LogP contribution in [0.25, 0.3) is 0 Å². The molecule has 0 aromatic rings. The molecule has 0 unspecified atom stereocenters. The van der Waals surface area contributed by atoms with Gasteiger partial charge in [0.25, 0.3) is 5.96 Å². The summed E-state index contributed by atoms with van der Waals surface area (Å²) in [6.45, 7) is 2.17. The summed E-state index contributed by atoms with van der Waals surface area (Å²) in [5.41, 5.74) is 0. The molecule has 0 atom stereocenters. The molecule has 0 saturated carbocycles. The first-order valence-corrected chi connectivity index (χ1v) is 4.55. The van der Waals surface area contributed by atoms with E-state index in [2.05, 4.69) is 10.4 Å². The summed E-state index contributed by atoms with van der Waals surface area (Å²) in [6.07, 6.45) is 0.806. The van der Waals surface area contributed by atoms with Crippen molar-refractivity contribution in [1.29, 1.82) is 0 Å². The van der Waals surface area contributed by atoms with Crippen molar-refractivity contribution in [3.63, 3.8) is 0 Å². The first-order valence-electron chi connectivity index (χ1n) is 4.02. The number of hydrogen-bond donors (Lipinski definition) is 1. The van der Waals surface area contributed by atoms with Gasteiger partial charge in [-0.2, -0.15) is 0 Å². The Labute approximate surface area is 80.7 Å². The van der Waals surface area contributed by atoms with Crippen LogP contribution in [0.5, 0.6) is 0 Å². The van der Waals surface area contributed by atoms with Crippen molar-refractivity contribution in [2.24, 2.45) is 5.10 Å². The van der Waals surface area contributed by atoms with Gasteiger partial charge in [0.1, 0.15) is 5.10 Å². The molecule has 0 amide bonds. The van der Waals surface area contributed by atoms with E-state index in [1.54, 1.807) is 0 Å².